The number of aryl methyl sites for hydroxylation is 1. The summed E-state index contributed by atoms with van der Waals surface area (Å²) in [4.78, 5) is 11.6. The van der Waals surface area contributed by atoms with Gasteiger partial charge in [0.1, 0.15) is 5.82 Å². The summed E-state index contributed by atoms with van der Waals surface area (Å²) in [7, 11) is 0. The minimum Gasteiger partial charge on any atom is -0.350 e. The molecule has 0 aliphatic heterocycles. The maximum Gasteiger partial charge on any atom is 0.244 e. The number of amides is 1. The molecule has 0 saturated carbocycles. The van der Waals surface area contributed by atoms with Gasteiger partial charge in [0.2, 0.25) is 5.91 Å². The predicted molar refractivity (Wildman–Crippen MR) is 66.0 cm³/mol. The lowest BCUT2D eigenvalue weighted by Gasteiger charge is -2.06. The highest BCUT2D eigenvalue weighted by Crippen LogP contribution is 2.32. The van der Waals surface area contributed by atoms with Crippen LogP contribution in [0.1, 0.15) is 31.4 Å². The van der Waals surface area contributed by atoms with Crippen LogP contribution in [0.5, 0.6) is 0 Å². The summed E-state index contributed by atoms with van der Waals surface area (Å²) in [5.74, 6) is -0.354. The van der Waals surface area contributed by atoms with Gasteiger partial charge >= 0.3 is 0 Å². The fraction of sp³-hybridized carbons (Fsp3) is 0.357. The molecule has 1 aromatic rings. The molecule has 0 saturated heterocycles. The zero-order chi connectivity index (χ0) is 12.4. The van der Waals surface area contributed by atoms with E-state index in [1.165, 1.54) is 12.1 Å². The average molecular weight is 233 g/mol. The van der Waals surface area contributed by atoms with Crippen LogP contribution in [0.25, 0.3) is 5.57 Å². The third-order valence-corrected chi connectivity index (χ3v) is 2.82. The lowest BCUT2D eigenvalue weighted by Crippen LogP contribution is -2.28. The highest BCUT2D eigenvalue weighted by molar-refractivity contribution is 5.96. The maximum atomic E-state index is 13.2. The van der Waals surface area contributed by atoms with Crippen molar-refractivity contribution in [2.45, 2.75) is 32.7 Å². The van der Waals surface area contributed by atoms with Crippen molar-refractivity contribution in [1.29, 1.82) is 0 Å². The van der Waals surface area contributed by atoms with E-state index < -0.39 is 0 Å². The number of fused-ring (bicyclic) bond motifs is 1. The Kier molecular flexibility index (Phi) is 3.27. The van der Waals surface area contributed by atoms with Gasteiger partial charge in [-0.25, -0.2) is 4.39 Å². The largest absolute Gasteiger partial charge is 0.350 e. The Balaban J connectivity index is 2.24. The first-order valence-corrected chi connectivity index (χ1v) is 5.86. The molecule has 2 nitrogen and oxygen atoms in total. The van der Waals surface area contributed by atoms with Gasteiger partial charge in [0.15, 0.2) is 0 Å². The molecule has 1 aliphatic rings. The van der Waals surface area contributed by atoms with Crippen molar-refractivity contribution in [2.75, 3.05) is 0 Å². The minimum absolute atomic E-state index is 0.105. The van der Waals surface area contributed by atoms with Gasteiger partial charge in [0.25, 0.3) is 0 Å². The first kappa shape index (κ1) is 11.8. The predicted octanol–water partition coefficient (Wildman–Crippen LogP) is 2.68. The van der Waals surface area contributed by atoms with Crippen LogP contribution < -0.4 is 5.32 Å². The van der Waals surface area contributed by atoms with Crippen LogP contribution in [-0.4, -0.2) is 11.9 Å². The molecule has 0 radical (unpaired) electrons. The molecule has 1 aliphatic carbocycles. The molecule has 2 rings (SSSR count). The quantitative estimate of drug-likeness (QED) is 0.782. The molecule has 1 amide bonds. The highest BCUT2D eigenvalue weighted by Gasteiger charge is 2.17. The van der Waals surface area contributed by atoms with Gasteiger partial charge in [0.05, 0.1) is 0 Å². The van der Waals surface area contributed by atoms with E-state index in [1.54, 1.807) is 12.1 Å². The van der Waals surface area contributed by atoms with Crippen LogP contribution in [0.2, 0.25) is 0 Å². The fourth-order valence-electron chi connectivity index (χ4n) is 2.10. The molecule has 90 valence electrons. The maximum absolute atomic E-state index is 13.2. The topological polar surface area (TPSA) is 29.1 Å². The van der Waals surface area contributed by atoms with E-state index in [-0.39, 0.29) is 17.8 Å². The van der Waals surface area contributed by atoms with Crippen LogP contribution in [-0.2, 0) is 11.2 Å². The van der Waals surface area contributed by atoms with Crippen LogP contribution in [0, 0.1) is 5.82 Å². The van der Waals surface area contributed by atoms with E-state index in [2.05, 4.69) is 5.32 Å². The van der Waals surface area contributed by atoms with E-state index in [9.17, 15) is 9.18 Å². The standard InChI is InChI=1S/C14H16FNO/c1-9(2)16-14(17)7-11-4-3-10-5-6-12(15)8-13(10)11/h5-9H,3-4H2,1-2H3,(H,16,17)/b11-7+. The summed E-state index contributed by atoms with van der Waals surface area (Å²) in [6.07, 6.45) is 3.28. The minimum atomic E-state index is -0.249. The molecule has 17 heavy (non-hydrogen) atoms. The van der Waals surface area contributed by atoms with Crippen molar-refractivity contribution in [1.82, 2.24) is 5.32 Å². The SMILES string of the molecule is CC(C)NC(=O)/C=C1\CCc2ccc(F)cc21. The van der Waals surface area contributed by atoms with Crippen molar-refractivity contribution >= 4 is 11.5 Å². The van der Waals surface area contributed by atoms with Crippen LogP contribution in [0.4, 0.5) is 4.39 Å². The normalized spacial score (nSPS) is 16.4. The zero-order valence-electron chi connectivity index (χ0n) is 10.1. The molecule has 1 N–H and O–H groups in total. The van der Waals surface area contributed by atoms with E-state index >= 15 is 0 Å². The first-order chi connectivity index (χ1) is 8.06. The molecular weight excluding hydrogens is 217 g/mol. The fourth-order valence-corrected chi connectivity index (χ4v) is 2.10. The number of halogens is 1. The van der Waals surface area contributed by atoms with Crippen LogP contribution in [0.3, 0.4) is 0 Å². The van der Waals surface area contributed by atoms with Crippen molar-refractivity contribution < 1.29 is 9.18 Å². The van der Waals surface area contributed by atoms with Crippen molar-refractivity contribution in [3.05, 3.63) is 41.2 Å². The second kappa shape index (κ2) is 4.70. The summed E-state index contributed by atoms with van der Waals surface area (Å²) in [5.41, 5.74) is 2.93. The lowest BCUT2D eigenvalue weighted by molar-refractivity contribution is -0.116. The first-order valence-electron chi connectivity index (χ1n) is 5.86. The monoisotopic (exact) mass is 233 g/mol. The third kappa shape index (κ3) is 2.73. The third-order valence-electron chi connectivity index (χ3n) is 2.82. The molecule has 0 spiro atoms. The van der Waals surface area contributed by atoms with Gasteiger partial charge in [-0.3, -0.25) is 4.79 Å². The molecule has 0 atom stereocenters. The number of rotatable bonds is 2. The Morgan fingerprint density at radius 2 is 2.18 bits per heavy atom. The summed E-state index contributed by atoms with van der Waals surface area (Å²) in [6, 6.07) is 4.89. The number of allylic oxidation sites excluding steroid dienone is 1. The van der Waals surface area contributed by atoms with E-state index in [1.807, 2.05) is 13.8 Å². The number of hydrogen-bond acceptors (Lipinski definition) is 1. The Labute approximate surface area is 101 Å². The number of carbonyl (C=O) groups is 1. The van der Waals surface area contributed by atoms with Crippen molar-refractivity contribution in [3.63, 3.8) is 0 Å². The summed E-state index contributed by atoms with van der Waals surface area (Å²) < 4.78 is 13.2. The van der Waals surface area contributed by atoms with E-state index in [0.717, 1.165) is 29.5 Å². The number of nitrogens with one attached hydrogen (secondary N) is 1. The summed E-state index contributed by atoms with van der Waals surface area (Å²) in [6.45, 7) is 3.83. The smallest absolute Gasteiger partial charge is 0.244 e. The number of hydrogen-bond donors (Lipinski definition) is 1. The average Bonchev–Trinajstić information content (AvgIpc) is 2.60. The molecular formula is C14H16FNO. The Bertz CT molecular complexity index is 477. The zero-order valence-corrected chi connectivity index (χ0v) is 10.1. The van der Waals surface area contributed by atoms with Crippen molar-refractivity contribution in [3.8, 4) is 0 Å². The summed E-state index contributed by atoms with van der Waals surface area (Å²) in [5, 5.41) is 2.81. The molecule has 0 fully saturated rings. The molecule has 1 aromatic carbocycles. The Hall–Kier alpha value is -1.64. The number of carbonyl (C=O) groups excluding carboxylic acids is 1. The van der Waals surface area contributed by atoms with E-state index in [0.29, 0.717) is 0 Å². The Morgan fingerprint density at radius 3 is 2.88 bits per heavy atom. The van der Waals surface area contributed by atoms with Gasteiger partial charge in [-0.2, -0.15) is 0 Å². The van der Waals surface area contributed by atoms with Gasteiger partial charge in [0, 0.05) is 12.1 Å². The van der Waals surface area contributed by atoms with Gasteiger partial charge in [-0.15, -0.1) is 0 Å². The molecule has 3 heteroatoms. The molecule has 0 aromatic heterocycles. The second-order valence-corrected chi connectivity index (χ2v) is 4.63. The van der Waals surface area contributed by atoms with Gasteiger partial charge in [-0.1, -0.05) is 6.07 Å². The lowest BCUT2D eigenvalue weighted by atomic mass is 10.1. The van der Waals surface area contributed by atoms with Gasteiger partial charge < -0.3 is 5.32 Å². The highest BCUT2D eigenvalue weighted by atomic mass is 19.1. The van der Waals surface area contributed by atoms with Crippen LogP contribution in [0.15, 0.2) is 24.3 Å². The summed E-state index contributed by atoms with van der Waals surface area (Å²) >= 11 is 0. The Morgan fingerprint density at radius 1 is 1.41 bits per heavy atom. The van der Waals surface area contributed by atoms with Crippen molar-refractivity contribution in [2.24, 2.45) is 0 Å². The molecule has 0 heterocycles. The van der Waals surface area contributed by atoms with Gasteiger partial charge in [-0.05, 0) is 55.5 Å². The number of benzene rings is 1. The second-order valence-electron chi connectivity index (χ2n) is 4.63. The molecule has 0 bridgehead atoms. The van der Waals surface area contributed by atoms with E-state index in [4.69, 9.17) is 0 Å². The van der Waals surface area contributed by atoms with Crippen LogP contribution >= 0.6 is 0 Å². The molecule has 0 unspecified atom stereocenters.